The number of rotatable bonds is 4. The summed E-state index contributed by atoms with van der Waals surface area (Å²) in [6.45, 7) is 5.10. The molecule has 14 heavy (non-hydrogen) atoms. The molecular formula is C12H19NO. The van der Waals surface area contributed by atoms with Gasteiger partial charge in [-0.3, -0.25) is 0 Å². The number of hydrogen-bond donors (Lipinski definition) is 1. The molecule has 0 radical (unpaired) electrons. The Kier molecular flexibility index (Phi) is 4.11. The van der Waals surface area contributed by atoms with Crippen LogP contribution in [0.1, 0.15) is 22.8 Å². The van der Waals surface area contributed by atoms with Gasteiger partial charge in [0.25, 0.3) is 0 Å². The molecule has 1 rings (SSSR count). The average Bonchev–Trinajstić information content (AvgIpc) is 2.19. The Labute approximate surface area is 86.3 Å². The summed E-state index contributed by atoms with van der Waals surface area (Å²) in [5.74, 6) is 0. The fourth-order valence-corrected chi connectivity index (χ4v) is 1.49. The minimum atomic E-state index is 0.152. The van der Waals surface area contributed by atoms with E-state index < -0.39 is 0 Å². The third-order valence-corrected chi connectivity index (χ3v) is 2.58. The van der Waals surface area contributed by atoms with Gasteiger partial charge in [0.2, 0.25) is 0 Å². The van der Waals surface area contributed by atoms with Gasteiger partial charge in [0.1, 0.15) is 0 Å². The molecule has 0 aromatic heterocycles. The van der Waals surface area contributed by atoms with Crippen molar-refractivity contribution in [2.45, 2.75) is 20.0 Å². The van der Waals surface area contributed by atoms with Gasteiger partial charge in [-0.2, -0.15) is 0 Å². The van der Waals surface area contributed by atoms with Crippen LogP contribution in [-0.4, -0.2) is 20.7 Å². The van der Waals surface area contributed by atoms with Crippen LogP contribution in [0.2, 0.25) is 0 Å². The Hall–Kier alpha value is -0.860. The van der Waals surface area contributed by atoms with E-state index in [1.54, 1.807) is 7.11 Å². The van der Waals surface area contributed by atoms with E-state index in [0.29, 0.717) is 0 Å². The summed E-state index contributed by atoms with van der Waals surface area (Å²) in [6, 6.07) is 6.47. The summed E-state index contributed by atoms with van der Waals surface area (Å²) in [5.41, 5.74) is 3.89. The van der Waals surface area contributed by atoms with Gasteiger partial charge in [-0.25, -0.2) is 0 Å². The molecule has 0 saturated heterocycles. The molecule has 1 aromatic rings. The quantitative estimate of drug-likeness (QED) is 0.791. The van der Waals surface area contributed by atoms with Crippen molar-refractivity contribution in [1.82, 2.24) is 5.32 Å². The second-order valence-electron chi connectivity index (χ2n) is 3.63. The van der Waals surface area contributed by atoms with E-state index >= 15 is 0 Å². The Morgan fingerprint density at radius 2 is 2.00 bits per heavy atom. The van der Waals surface area contributed by atoms with Crippen LogP contribution < -0.4 is 5.32 Å². The van der Waals surface area contributed by atoms with E-state index in [1.807, 2.05) is 7.05 Å². The van der Waals surface area contributed by atoms with Gasteiger partial charge in [-0.1, -0.05) is 18.2 Å². The SMILES string of the molecule is CNCC(OC)c1ccc(C)c(C)c1. The molecular weight excluding hydrogens is 174 g/mol. The number of methoxy groups -OCH3 is 1. The predicted molar refractivity (Wildman–Crippen MR) is 59.6 cm³/mol. The van der Waals surface area contributed by atoms with Crippen LogP contribution in [0.25, 0.3) is 0 Å². The summed E-state index contributed by atoms with van der Waals surface area (Å²) < 4.78 is 5.41. The predicted octanol–water partition coefficient (Wildman–Crippen LogP) is 2.21. The van der Waals surface area contributed by atoms with Crippen molar-refractivity contribution < 1.29 is 4.74 Å². The van der Waals surface area contributed by atoms with E-state index in [1.165, 1.54) is 16.7 Å². The molecule has 1 atom stereocenters. The summed E-state index contributed by atoms with van der Waals surface area (Å²) in [7, 11) is 3.68. The number of benzene rings is 1. The Bertz CT molecular complexity index is 296. The van der Waals surface area contributed by atoms with Gasteiger partial charge in [0.15, 0.2) is 0 Å². The van der Waals surface area contributed by atoms with Gasteiger partial charge in [-0.05, 0) is 37.6 Å². The first-order valence-corrected chi connectivity index (χ1v) is 4.93. The molecule has 0 spiro atoms. The first-order valence-electron chi connectivity index (χ1n) is 4.93. The molecule has 2 nitrogen and oxygen atoms in total. The molecule has 1 N–H and O–H groups in total. The first kappa shape index (κ1) is 11.2. The van der Waals surface area contributed by atoms with Crippen LogP contribution in [0.3, 0.4) is 0 Å². The lowest BCUT2D eigenvalue weighted by Crippen LogP contribution is -2.18. The summed E-state index contributed by atoms with van der Waals surface area (Å²) in [5, 5.41) is 3.13. The number of hydrogen-bond acceptors (Lipinski definition) is 2. The normalized spacial score (nSPS) is 12.9. The van der Waals surface area contributed by atoms with E-state index in [-0.39, 0.29) is 6.10 Å². The van der Waals surface area contributed by atoms with Gasteiger partial charge in [-0.15, -0.1) is 0 Å². The largest absolute Gasteiger partial charge is 0.375 e. The molecule has 1 unspecified atom stereocenters. The maximum absolute atomic E-state index is 5.41. The second kappa shape index (κ2) is 5.13. The fraction of sp³-hybridized carbons (Fsp3) is 0.500. The van der Waals surface area contributed by atoms with E-state index in [2.05, 4.69) is 37.4 Å². The average molecular weight is 193 g/mol. The van der Waals surface area contributed by atoms with Crippen molar-refractivity contribution in [3.8, 4) is 0 Å². The Morgan fingerprint density at radius 3 is 2.50 bits per heavy atom. The molecule has 1 aromatic carbocycles. The van der Waals surface area contributed by atoms with Crippen LogP contribution in [0.4, 0.5) is 0 Å². The fourth-order valence-electron chi connectivity index (χ4n) is 1.49. The van der Waals surface area contributed by atoms with Crippen molar-refractivity contribution in [2.24, 2.45) is 0 Å². The highest BCUT2D eigenvalue weighted by molar-refractivity contribution is 5.31. The van der Waals surface area contributed by atoms with Crippen LogP contribution in [-0.2, 0) is 4.74 Å². The van der Waals surface area contributed by atoms with Gasteiger partial charge < -0.3 is 10.1 Å². The number of likely N-dealkylation sites (N-methyl/N-ethyl adjacent to an activating group) is 1. The highest BCUT2D eigenvalue weighted by Gasteiger charge is 2.09. The first-order chi connectivity index (χ1) is 6.69. The van der Waals surface area contributed by atoms with Crippen LogP contribution in [0.5, 0.6) is 0 Å². The number of aryl methyl sites for hydroxylation is 2. The molecule has 0 saturated carbocycles. The van der Waals surface area contributed by atoms with Gasteiger partial charge >= 0.3 is 0 Å². The summed E-state index contributed by atoms with van der Waals surface area (Å²) >= 11 is 0. The highest BCUT2D eigenvalue weighted by Crippen LogP contribution is 2.18. The van der Waals surface area contributed by atoms with Crippen molar-refractivity contribution in [3.05, 3.63) is 34.9 Å². The lowest BCUT2D eigenvalue weighted by atomic mass is 10.0. The lowest BCUT2D eigenvalue weighted by molar-refractivity contribution is 0.104. The van der Waals surface area contributed by atoms with Crippen molar-refractivity contribution in [2.75, 3.05) is 20.7 Å². The molecule has 0 amide bonds. The van der Waals surface area contributed by atoms with Crippen molar-refractivity contribution in [3.63, 3.8) is 0 Å². The van der Waals surface area contributed by atoms with Crippen molar-refractivity contribution in [1.29, 1.82) is 0 Å². The smallest absolute Gasteiger partial charge is 0.0945 e. The Morgan fingerprint density at radius 1 is 1.29 bits per heavy atom. The molecule has 0 aliphatic heterocycles. The van der Waals surface area contributed by atoms with E-state index in [0.717, 1.165) is 6.54 Å². The minimum Gasteiger partial charge on any atom is -0.375 e. The van der Waals surface area contributed by atoms with Crippen LogP contribution >= 0.6 is 0 Å². The Balaban J connectivity index is 2.88. The zero-order valence-electron chi connectivity index (χ0n) is 9.42. The van der Waals surface area contributed by atoms with Gasteiger partial charge in [0, 0.05) is 13.7 Å². The third-order valence-electron chi connectivity index (χ3n) is 2.58. The third kappa shape index (κ3) is 2.56. The molecule has 0 bridgehead atoms. The topological polar surface area (TPSA) is 21.3 Å². The molecule has 0 heterocycles. The number of ether oxygens (including phenoxy) is 1. The molecule has 2 heteroatoms. The van der Waals surface area contributed by atoms with Crippen molar-refractivity contribution >= 4 is 0 Å². The highest BCUT2D eigenvalue weighted by atomic mass is 16.5. The van der Waals surface area contributed by atoms with Crippen LogP contribution in [0, 0.1) is 13.8 Å². The zero-order chi connectivity index (χ0) is 10.6. The molecule has 78 valence electrons. The molecule has 0 fully saturated rings. The monoisotopic (exact) mass is 193 g/mol. The minimum absolute atomic E-state index is 0.152. The summed E-state index contributed by atoms with van der Waals surface area (Å²) in [4.78, 5) is 0. The number of nitrogens with one attached hydrogen (secondary N) is 1. The maximum Gasteiger partial charge on any atom is 0.0945 e. The van der Waals surface area contributed by atoms with E-state index in [9.17, 15) is 0 Å². The standard InChI is InChI=1S/C12H19NO/c1-9-5-6-11(7-10(9)2)12(14-4)8-13-3/h5-7,12-13H,8H2,1-4H3. The second-order valence-corrected chi connectivity index (χ2v) is 3.63. The lowest BCUT2D eigenvalue weighted by Gasteiger charge is -2.16. The van der Waals surface area contributed by atoms with Gasteiger partial charge in [0.05, 0.1) is 6.10 Å². The van der Waals surface area contributed by atoms with Crippen LogP contribution in [0.15, 0.2) is 18.2 Å². The zero-order valence-corrected chi connectivity index (χ0v) is 9.42. The van der Waals surface area contributed by atoms with E-state index in [4.69, 9.17) is 4.74 Å². The maximum atomic E-state index is 5.41. The molecule has 0 aliphatic carbocycles. The summed E-state index contributed by atoms with van der Waals surface area (Å²) in [6.07, 6.45) is 0.152. The molecule has 0 aliphatic rings.